The third-order valence-corrected chi connectivity index (χ3v) is 14.1. The molecule has 2 unspecified atom stereocenters. The maximum absolute atomic E-state index is 12.8. The van der Waals surface area contributed by atoms with Gasteiger partial charge in [0.15, 0.2) is 6.10 Å². The SMILES string of the molecule is CC/C=C\C/C=C\C/C=C\C/C=C\CCCCC(=O)OC(COC(=O)CCCCCCCCCCCCCCCCCCCCCCCCCC/C=C\C/C=C\C/C=C\CCCCCCC)COC(OCC[N+](C)(C)C)C(=O)O. The number of allylic oxidation sites excluding steroid dienone is 14. The van der Waals surface area contributed by atoms with Crippen molar-refractivity contribution in [3.05, 3.63) is 85.1 Å². The Hall–Kier alpha value is -3.53. The summed E-state index contributed by atoms with van der Waals surface area (Å²) in [5.41, 5.74) is 0. The molecular weight excluding hydrogens is 983 g/mol. The Bertz CT molecular complexity index is 1570. The molecule has 456 valence electrons. The first-order chi connectivity index (χ1) is 38.6. The Morgan fingerprint density at radius 3 is 1.10 bits per heavy atom. The van der Waals surface area contributed by atoms with Crippen molar-refractivity contribution in [2.45, 2.75) is 296 Å². The van der Waals surface area contributed by atoms with Crippen LogP contribution in [0.4, 0.5) is 0 Å². The summed E-state index contributed by atoms with van der Waals surface area (Å²) in [6.45, 7) is 4.71. The molecular formula is C70H124NO8+. The highest BCUT2D eigenvalue weighted by molar-refractivity contribution is 5.71. The van der Waals surface area contributed by atoms with Gasteiger partial charge in [0.2, 0.25) is 0 Å². The number of carboxylic acids is 1. The Kier molecular flexibility index (Phi) is 57.9. The molecule has 0 radical (unpaired) electrons. The summed E-state index contributed by atoms with van der Waals surface area (Å²) in [4.78, 5) is 37.4. The van der Waals surface area contributed by atoms with E-state index < -0.39 is 24.3 Å². The van der Waals surface area contributed by atoms with Gasteiger partial charge in [0, 0.05) is 12.8 Å². The minimum absolute atomic E-state index is 0.178. The molecule has 0 bridgehead atoms. The van der Waals surface area contributed by atoms with Gasteiger partial charge in [-0.15, -0.1) is 0 Å². The highest BCUT2D eigenvalue weighted by atomic mass is 16.7. The number of aliphatic carboxylic acids is 1. The number of carboxylic acid groups (broad SMARTS) is 1. The number of hydrogen-bond acceptors (Lipinski definition) is 7. The van der Waals surface area contributed by atoms with E-state index in [-0.39, 0.29) is 32.2 Å². The summed E-state index contributed by atoms with van der Waals surface area (Å²) in [6.07, 6.45) is 78.6. The van der Waals surface area contributed by atoms with Crippen molar-refractivity contribution in [2.75, 3.05) is 47.5 Å². The molecule has 0 aromatic rings. The van der Waals surface area contributed by atoms with Gasteiger partial charge in [0.05, 0.1) is 34.4 Å². The van der Waals surface area contributed by atoms with Crippen LogP contribution < -0.4 is 0 Å². The summed E-state index contributed by atoms with van der Waals surface area (Å²) >= 11 is 0. The summed E-state index contributed by atoms with van der Waals surface area (Å²) < 4.78 is 22.8. The van der Waals surface area contributed by atoms with Gasteiger partial charge < -0.3 is 28.5 Å². The van der Waals surface area contributed by atoms with E-state index in [0.29, 0.717) is 23.9 Å². The minimum Gasteiger partial charge on any atom is -0.477 e. The van der Waals surface area contributed by atoms with Gasteiger partial charge in [-0.25, -0.2) is 4.79 Å². The predicted molar refractivity (Wildman–Crippen MR) is 336 cm³/mol. The smallest absolute Gasteiger partial charge is 0.361 e. The van der Waals surface area contributed by atoms with Gasteiger partial charge >= 0.3 is 17.9 Å². The van der Waals surface area contributed by atoms with Crippen molar-refractivity contribution >= 4 is 17.9 Å². The maximum Gasteiger partial charge on any atom is 0.361 e. The zero-order chi connectivity index (χ0) is 57.6. The van der Waals surface area contributed by atoms with E-state index in [4.69, 9.17) is 18.9 Å². The van der Waals surface area contributed by atoms with E-state index >= 15 is 0 Å². The molecule has 1 N–H and O–H groups in total. The van der Waals surface area contributed by atoms with E-state index in [9.17, 15) is 19.5 Å². The third kappa shape index (κ3) is 61.9. The van der Waals surface area contributed by atoms with Gasteiger partial charge in [-0.05, 0) is 89.9 Å². The van der Waals surface area contributed by atoms with Crippen LogP contribution in [-0.4, -0.2) is 87.4 Å². The van der Waals surface area contributed by atoms with Crippen LogP contribution in [-0.2, 0) is 33.3 Å². The normalized spacial score (nSPS) is 13.3. The molecule has 0 saturated carbocycles. The number of carbonyl (C=O) groups excluding carboxylic acids is 2. The Balaban J connectivity index is 3.97. The van der Waals surface area contributed by atoms with Crippen molar-refractivity contribution < 1.29 is 42.9 Å². The summed E-state index contributed by atoms with van der Waals surface area (Å²) in [7, 11) is 5.95. The van der Waals surface area contributed by atoms with E-state index in [1.54, 1.807) is 0 Å². The number of unbranched alkanes of at least 4 members (excludes halogenated alkanes) is 31. The van der Waals surface area contributed by atoms with Crippen LogP contribution in [0, 0.1) is 0 Å². The highest BCUT2D eigenvalue weighted by Gasteiger charge is 2.25. The first-order valence-electron chi connectivity index (χ1n) is 32.8. The Morgan fingerprint density at radius 1 is 0.392 bits per heavy atom. The highest BCUT2D eigenvalue weighted by Crippen LogP contribution is 2.17. The monoisotopic (exact) mass is 1110 g/mol. The minimum atomic E-state index is -1.52. The largest absolute Gasteiger partial charge is 0.477 e. The van der Waals surface area contributed by atoms with Crippen molar-refractivity contribution in [3.63, 3.8) is 0 Å². The second-order valence-electron chi connectivity index (χ2n) is 23.0. The Morgan fingerprint density at radius 2 is 0.722 bits per heavy atom. The molecule has 2 atom stereocenters. The first kappa shape index (κ1) is 75.5. The predicted octanol–water partition coefficient (Wildman–Crippen LogP) is 19.9. The van der Waals surface area contributed by atoms with Crippen molar-refractivity contribution in [3.8, 4) is 0 Å². The van der Waals surface area contributed by atoms with Crippen LogP contribution in [0.25, 0.3) is 0 Å². The quantitative estimate of drug-likeness (QED) is 0.0211. The molecule has 0 fully saturated rings. The fourth-order valence-electron chi connectivity index (χ4n) is 9.13. The van der Waals surface area contributed by atoms with Crippen molar-refractivity contribution in [2.24, 2.45) is 0 Å². The molecule has 9 nitrogen and oxygen atoms in total. The zero-order valence-electron chi connectivity index (χ0n) is 52.0. The lowest BCUT2D eigenvalue weighted by molar-refractivity contribution is -0.870. The third-order valence-electron chi connectivity index (χ3n) is 14.1. The summed E-state index contributed by atoms with van der Waals surface area (Å²) in [5, 5.41) is 9.70. The second kappa shape index (κ2) is 60.6. The molecule has 0 aromatic carbocycles. The van der Waals surface area contributed by atoms with Gasteiger partial charge in [-0.1, -0.05) is 266 Å². The number of likely N-dealkylation sites (N-methyl/N-ethyl adjacent to an activating group) is 1. The number of carbonyl (C=O) groups is 3. The molecule has 79 heavy (non-hydrogen) atoms. The molecule has 0 spiro atoms. The second-order valence-corrected chi connectivity index (χ2v) is 23.0. The average Bonchev–Trinajstić information content (AvgIpc) is 3.42. The van der Waals surface area contributed by atoms with Gasteiger partial charge in [0.25, 0.3) is 6.29 Å². The van der Waals surface area contributed by atoms with Crippen LogP contribution in [0.15, 0.2) is 85.1 Å². The van der Waals surface area contributed by atoms with Crippen LogP contribution in [0.2, 0.25) is 0 Å². The van der Waals surface area contributed by atoms with Gasteiger partial charge in [-0.2, -0.15) is 0 Å². The standard InChI is InChI=1S/C70H123NO8/c1-6-8-10-12-14-16-18-20-22-23-24-25-26-27-28-29-30-31-32-33-34-35-36-37-38-39-40-41-42-43-44-45-47-48-50-52-54-56-58-60-67(72)77-64-66(65-78-70(69(74)75)76-63-62-71(3,4)5)79-68(73)61-59-57-55-53-51-49-46-21-19-17-15-13-11-9-7-2/h9,11,15,17-18,20-21,23-24,26-27,46,51,53,66,70H,6-8,10,12-14,16,19,22,25,28-45,47-50,52,54-65H2,1-5H3/p+1/b11-9-,17-15-,20-18-,24-23-,27-26-,46-21-,53-51-. The van der Waals surface area contributed by atoms with Crippen LogP contribution in [0.5, 0.6) is 0 Å². The van der Waals surface area contributed by atoms with Crippen molar-refractivity contribution in [1.82, 2.24) is 0 Å². The first-order valence-corrected chi connectivity index (χ1v) is 32.8. The lowest BCUT2D eigenvalue weighted by atomic mass is 10.0. The molecule has 0 aliphatic heterocycles. The molecule has 9 heteroatoms. The van der Waals surface area contributed by atoms with Crippen LogP contribution >= 0.6 is 0 Å². The number of esters is 2. The zero-order valence-corrected chi connectivity index (χ0v) is 52.0. The Labute approximate surface area is 487 Å². The van der Waals surface area contributed by atoms with Gasteiger partial charge in [0.1, 0.15) is 13.2 Å². The molecule has 0 aliphatic carbocycles. The van der Waals surface area contributed by atoms with E-state index in [0.717, 1.165) is 70.6 Å². The lowest BCUT2D eigenvalue weighted by Gasteiger charge is -2.25. The number of rotatable bonds is 60. The van der Waals surface area contributed by atoms with Crippen LogP contribution in [0.1, 0.15) is 284 Å². The molecule has 0 heterocycles. The average molecular weight is 1110 g/mol. The molecule has 0 amide bonds. The topological polar surface area (TPSA) is 108 Å². The summed E-state index contributed by atoms with van der Waals surface area (Å²) in [5.74, 6) is -2.06. The molecule has 0 rings (SSSR count). The molecule has 0 aromatic heterocycles. The van der Waals surface area contributed by atoms with Crippen LogP contribution in [0.3, 0.4) is 0 Å². The fourth-order valence-corrected chi connectivity index (χ4v) is 9.13. The lowest BCUT2D eigenvalue weighted by Crippen LogP contribution is -2.40. The molecule has 0 aliphatic rings. The number of hydrogen-bond donors (Lipinski definition) is 1. The van der Waals surface area contributed by atoms with Crippen molar-refractivity contribution in [1.29, 1.82) is 0 Å². The van der Waals surface area contributed by atoms with Gasteiger partial charge in [-0.3, -0.25) is 9.59 Å². The fraction of sp³-hybridized carbons (Fsp3) is 0.757. The van der Waals surface area contributed by atoms with E-state index in [1.165, 1.54) is 180 Å². The summed E-state index contributed by atoms with van der Waals surface area (Å²) in [6, 6.07) is 0. The number of ether oxygens (including phenoxy) is 4. The molecule has 0 saturated heterocycles. The van der Waals surface area contributed by atoms with E-state index in [2.05, 4.69) is 98.9 Å². The number of quaternary nitrogens is 1. The van der Waals surface area contributed by atoms with E-state index in [1.807, 2.05) is 21.1 Å². The maximum atomic E-state index is 12.8. The number of nitrogens with zero attached hydrogens (tertiary/aromatic N) is 1.